The highest BCUT2D eigenvalue weighted by molar-refractivity contribution is 7.79. The van der Waals surface area contributed by atoms with Crippen LogP contribution < -0.4 is 4.86 Å². The molecule has 0 saturated heterocycles. The Morgan fingerprint density at radius 1 is 0.548 bits per heavy atom. The fourth-order valence-electron chi connectivity index (χ4n) is 2.58. The molecule has 0 radical (unpaired) electrons. The molecule has 0 saturated carbocycles. The van der Waals surface area contributed by atoms with Gasteiger partial charge in [-0.15, -0.1) is 0 Å². The lowest BCUT2D eigenvalue weighted by Gasteiger charge is -2.29. The van der Waals surface area contributed by atoms with Crippen molar-refractivity contribution in [3.05, 3.63) is 145 Å². The van der Waals surface area contributed by atoms with Gasteiger partial charge in [-0.3, -0.25) is 4.86 Å². The van der Waals surface area contributed by atoms with E-state index in [1.165, 1.54) is 21.3 Å². The van der Waals surface area contributed by atoms with E-state index in [1.54, 1.807) is 6.08 Å². The third-order valence-corrected chi connectivity index (χ3v) is 8.78. The predicted octanol–water partition coefficient (Wildman–Crippen LogP) is 9.95. The Bertz CT molecular complexity index is 808. The molecule has 1 N–H and O–H groups in total. The van der Waals surface area contributed by atoms with Gasteiger partial charge < -0.3 is 0 Å². The van der Waals surface area contributed by atoms with Gasteiger partial charge in [0, 0.05) is 16.1 Å². The maximum Gasteiger partial charge on any atom is 0.0294 e. The molecule has 0 aromatic carbocycles. The number of nitrogens with one attached hydrogen (secondary N) is 1. The van der Waals surface area contributed by atoms with E-state index < -0.39 is 16.1 Å². The first-order valence-corrected chi connectivity index (χ1v) is 12.9. The number of rotatable bonds is 14. The summed E-state index contributed by atoms with van der Waals surface area (Å²) < 4.78 is 0. The van der Waals surface area contributed by atoms with Gasteiger partial charge in [-0.2, -0.15) is 0 Å². The van der Waals surface area contributed by atoms with Crippen LogP contribution in [0.4, 0.5) is 0 Å². The van der Waals surface area contributed by atoms with Crippen molar-refractivity contribution < 1.29 is 0 Å². The Kier molecular flexibility index (Phi) is 17.1. The van der Waals surface area contributed by atoms with Crippen molar-refractivity contribution in [2.24, 2.45) is 0 Å². The molecule has 0 spiro atoms. The summed E-state index contributed by atoms with van der Waals surface area (Å²) in [6, 6.07) is 0. The van der Waals surface area contributed by atoms with Crippen molar-refractivity contribution in [2.75, 3.05) is 0 Å². The maximum atomic E-state index is 4.00. The quantitative estimate of drug-likeness (QED) is 0.205. The molecule has 1 nitrogen and oxygen atoms in total. The molecule has 0 aromatic rings. The second-order valence-corrected chi connectivity index (χ2v) is 10.3. The SMILES string of the molecule is C=C/C=C\C(=C/C)P(NP(C(/C=C\C)=C/C=C)C(/C=C\C)=C/C=C)C(/C=C\C)=C/C=C. The molecule has 0 rings (SSSR count). The summed E-state index contributed by atoms with van der Waals surface area (Å²) in [5.41, 5.74) is 0. The second-order valence-electron chi connectivity index (χ2n) is 6.06. The zero-order chi connectivity index (χ0) is 23.5. The van der Waals surface area contributed by atoms with E-state index in [2.05, 4.69) is 105 Å². The molecular formula is C28H37NP2. The highest BCUT2D eigenvalue weighted by Crippen LogP contribution is 2.62. The van der Waals surface area contributed by atoms with Crippen molar-refractivity contribution in [3.8, 4) is 0 Å². The van der Waals surface area contributed by atoms with Crippen molar-refractivity contribution in [1.82, 2.24) is 4.86 Å². The molecule has 31 heavy (non-hydrogen) atoms. The van der Waals surface area contributed by atoms with Crippen LogP contribution in [0.2, 0.25) is 0 Å². The van der Waals surface area contributed by atoms with Gasteiger partial charge in [-0.05, 0) is 49.0 Å². The van der Waals surface area contributed by atoms with Gasteiger partial charge >= 0.3 is 0 Å². The molecule has 0 bridgehead atoms. The lowest BCUT2D eigenvalue weighted by Crippen LogP contribution is -2.05. The highest BCUT2D eigenvalue weighted by Gasteiger charge is 2.23. The molecule has 1 atom stereocenters. The summed E-state index contributed by atoms with van der Waals surface area (Å²) in [6.07, 6.45) is 32.5. The van der Waals surface area contributed by atoms with E-state index >= 15 is 0 Å². The maximum absolute atomic E-state index is 4.00. The zero-order valence-electron chi connectivity index (χ0n) is 19.5. The van der Waals surface area contributed by atoms with E-state index in [0.717, 1.165) is 0 Å². The van der Waals surface area contributed by atoms with E-state index in [4.69, 9.17) is 0 Å². The predicted molar refractivity (Wildman–Crippen MR) is 149 cm³/mol. The molecule has 1 unspecified atom stereocenters. The van der Waals surface area contributed by atoms with Crippen LogP contribution in [0, 0.1) is 0 Å². The summed E-state index contributed by atoms with van der Waals surface area (Å²) in [5, 5.41) is 4.78. The van der Waals surface area contributed by atoms with Crippen molar-refractivity contribution in [1.29, 1.82) is 0 Å². The summed E-state index contributed by atoms with van der Waals surface area (Å²) in [4.78, 5) is 4.00. The third-order valence-electron chi connectivity index (χ3n) is 3.81. The van der Waals surface area contributed by atoms with Crippen LogP contribution in [0.3, 0.4) is 0 Å². The molecule has 0 amide bonds. The normalized spacial score (nSPS) is 15.5. The Hall–Kier alpha value is -2.30. The van der Waals surface area contributed by atoms with Gasteiger partial charge in [-0.1, -0.05) is 124 Å². The average molecular weight is 450 g/mol. The van der Waals surface area contributed by atoms with Crippen LogP contribution in [-0.4, -0.2) is 0 Å². The molecule has 0 aliphatic carbocycles. The first-order valence-electron chi connectivity index (χ1n) is 10.3. The van der Waals surface area contributed by atoms with Gasteiger partial charge in [-0.25, -0.2) is 0 Å². The molecule has 0 aliphatic rings. The van der Waals surface area contributed by atoms with Crippen LogP contribution in [0.1, 0.15) is 27.7 Å². The molecular weight excluding hydrogens is 412 g/mol. The van der Waals surface area contributed by atoms with Gasteiger partial charge in [0.05, 0.1) is 0 Å². The van der Waals surface area contributed by atoms with E-state index in [1.807, 2.05) is 45.1 Å². The zero-order valence-corrected chi connectivity index (χ0v) is 21.2. The molecule has 0 fully saturated rings. The lowest BCUT2D eigenvalue weighted by atomic mass is 10.4. The Morgan fingerprint density at radius 3 is 1.23 bits per heavy atom. The third kappa shape index (κ3) is 10.5. The average Bonchev–Trinajstić information content (AvgIpc) is 2.76. The number of allylic oxidation sites excluding steroid dienone is 20. The van der Waals surface area contributed by atoms with Gasteiger partial charge in [0.1, 0.15) is 0 Å². The first-order chi connectivity index (χ1) is 15.1. The standard InChI is InChI=1S/C28H37NP2/c1-9-17-24-25(16-8)30(26(18-10-2)19-11-3)29-31(27(20-12-4)21-13-5)28(22-14-6)23-15-7/h9-24,29H,1-2,4,6H2,3,5,7-8H3/b19-11-,21-13-,23-15-,24-17-,25-16+,26-18+,27-20+,28-22+. The summed E-state index contributed by atoms with van der Waals surface area (Å²) in [5.74, 6) is 0. The molecule has 164 valence electrons. The number of hydrogen-bond acceptors (Lipinski definition) is 1. The minimum absolute atomic E-state index is 0.868. The monoisotopic (exact) mass is 449 g/mol. The van der Waals surface area contributed by atoms with Crippen LogP contribution in [-0.2, 0) is 0 Å². The van der Waals surface area contributed by atoms with Crippen LogP contribution >= 0.6 is 16.1 Å². The fraction of sp³-hybridized carbons (Fsp3) is 0.143. The van der Waals surface area contributed by atoms with Gasteiger partial charge in [0.15, 0.2) is 0 Å². The minimum Gasteiger partial charge on any atom is -0.259 e. The van der Waals surface area contributed by atoms with Crippen molar-refractivity contribution in [3.63, 3.8) is 0 Å². The smallest absolute Gasteiger partial charge is 0.0294 e. The lowest BCUT2D eigenvalue weighted by molar-refractivity contribution is 1.54. The van der Waals surface area contributed by atoms with E-state index in [0.29, 0.717) is 0 Å². The summed E-state index contributed by atoms with van der Waals surface area (Å²) >= 11 is 0. The molecule has 0 aliphatic heterocycles. The van der Waals surface area contributed by atoms with Gasteiger partial charge in [0.2, 0.25) is 0 Å². The van der Waals surface area contributed by atoms with Gasteiger partial charge in [0.25, 0.3) is 0 Å². The molecule has 0 aromatic heterocycles. The van der Waals surface area contributed by atoms with Crippen LogP contribution in [0.15, 0.2) is 145 Å². The van der Waals surface area contributed by atoms with Crippen LogP contribution in [0.25, 0.3) is 0 Å². The highest BCUT2D eigenvalue weighted by atomic mass is 31.2. The van der Waals surface area contributed by atoms with Crippen molar-refractivity contribution in [2.45, 2.75) is 27.7 Å². The first kappa shape index (κ1) is 28.7. The van der Waals surface area contributed by atoms with E-state index in [-0.39, 0.29) is 0 Å². The minimum atomic E-state index is -0.882. The fourth-order valence-corrected chi connectivity index (χ4v) is 7.98. The Morgan fingerprint density at radius 2 is 0.935 bits per heavy atom. The number of hydrogen-bond donors (Lipinski definition) is 1. The summed E-state index contributed by atoms with van der Waals surface area (Å²) in [7, 11) is -1.75. The second kappa shape index (κ2) is 18.5. The van der Waals surface area contributed by atoms with E-state index in [9.17, 15) is 0 Å². The largest absolute Gasteiger partial charge is 0.259 e. The topological polar surface area (TPSA) is 12.0 Å². The molecule has 0 heterocycles. The summed E-state index contributed by atoms with van der Waals surface area (Å²) in [6.45, 7) is 23.8. The van der Waals surface area contributed by atoms with Crippen LogP contribution in [0.5, 0.6) is 0 Å². The van der Waals surface area contributed by atoms with Crippen molar-refractivity contribution >= 4 is 16.1 Å². The Balaban J connectivity index is 6.91. The Labute approximate surface area is 193 Å². The molecule has 3 heteroatoms.